The van der Waals surface area contributed by atoms with Crippen LogP contribution < -0.4 is 5.69 Å². The first kappa shape index (κ1) is 11.2. The molecule has 0 amide bonds. The molecule has 2 heterocycles. The molecule has 0 fully saturated rings. The minimum Gasteiger partial charge on any atom is -0.259 e. The molecule has 0 unspecified atom stereocenters. The highest BCUT2D eigenvalue weighted by Crippen LogP contribution is 2.16. The zero-order chi connectivity index (χ0) is 12.5. The highest BCUT2D eigenvalue weighted by Gasteiger charge is 2.08. The Morgan fingerprint density at radius 3 is 2.89 bits per heavy atom. The van der Waals surface area contributed by atoms with Crippen LogP contribution in [0.25, 0.3) is 5.65 Å². The summed E-state index contributed by atoms with van der Waals surface area (Å²) >= 11 is 3.46. The second-order valence-corrected chi connectivity index (χ2v) is 4.69. The Morgan fingerprint density at radius 2 is 2.11 bits per heavy atom. The SMILES string of the molecule is O=c1n(Cc2ccccc2Br)nc2cnccn12. The molecule has 1 aromatic carbocycles. The fourth-order valence-corrected chi connectivity index (χ4v) is 2.18. The van der Waals surface area contributed by atoms with Gasteiger partial charge in [0.15, 0.2) is 5.65 Å². The van der Waals surface area contributed by atoms with E-state index >= 15 is 0 Å². The van der Waals surface area contributed by atoms with Gasteiger partial charge in [0.05, 0.1) is 12.7 Å². The number of aromatic nitrogens is 4. The van der Waals surface area contributed by atoms with E-state index < -0.39 is 0 Å². The van der Waals surface area contributed by atoms with Crippen molar-refractivity contribution in [2.45, 2.75) is 6.54 Å². The molecule has 0 saturated carbocycles. The fourth-order valence-electron chi connectivity index (χ4n) is 1.77. The Hall–Kier alpha value is -1.95. The summed E-state index contributed by atoms with van der Waals surface area (Å²) in [6.45, 7) is 0.432. The van der Waals surface area contributed by atoms with E-state index in [-0.39, 0.29) is 5.69 Å². The lowest BCUT2D eigenvalue weighted by Crippen LogP contribution is -2.21. The Kier molecular flexibility index (Phi) is 2.71. The number of rotatable bonds is 2. The Morgan fingerprint density at radius 1 is 1.28 bits per heavy atom. The topological polar surface area (TPSA) is 52.2 Å². The van der Waals surface area contributed by atoms with E-state index in [1.165, 1.54) is 9.08 Å². The number of fused-ring (bicyclic) bond motifs is 1. The lowest BCUT2D eigenvalue weighted by Gasteiger charge is -2.02. The fraction of sp³-hybridized carbons (Fsp3) is 0.0833. The molecule has 3 rings (SSSR count). The molecular formula is C12H9BrN4O. The largest absolute Gasteiger partial charge is 0.350 e. The first-order valence-corrected chi connectivity index (χ1v) is 6.17. The Labute approximate surface area is 111 Å². The predicted octanol–water partition coefficient (Wildman–Crippen LogP) is 1.70. The van der Waals surface area contributed by atoms with Gasteiger partial charge < -0.3 is 0 Å². The van der Waals surface area contributed by atoms with Crippen molar-refractivity contribution in [3.63, 3.8) is 0 Å². The standard InChI is InChI=1S/C12H9BrN4O/c13-10-4-2-1-3-9(10)8-17-12(18)16-6-5-14-7-11(16)15-17/h1-7H,8H2. The van der Waals surface area contributed by atoms with Crippen molar-refractivity contribution in [3.05, 3.63) is 63.4 Å². The van der Waals surface area contributed by atoms with Gasteiger partial charge in [-0.2, -0.15) is 0 Å². The van der Waals surface area contributed by atoms with Crippen LogP contribution in [0.4, 0.5) is 0 Å². The summed E-state index contributed by atoms with van der Waals surface area (Å²) in [7, 11) is 0. The monoisotopic (exact) mass is 304 g/mol. The zero-order valence-electron chi connectivity index (χ0n) is 9.32. The van der Waals surface area contributed by atoms with Gasteiger partial charge in [-0.15, -0.1) is 5.10 Å². The lowest BCUT2D eigenvalue weighted by atomic mass is 10.2. The van der Waals surface area contributed by atoms with Crippen LogP contribution in [0.2, 0.25) is 0 Å². The van der Waals surface area contributed by atoms with Gasteiger partial charge in [0.25, 0.3) is 0 Å². The third-order valence-corrected chi connectivity index (χ3v) is 3.44. The molecule has 0 aliphatic rings. The van der Waals surface area contributed by atoms with Crippen molar-refractivity contribution in [2.75, 3.05) is 0 Å². The number of benzene rings is 1. The maximum atomic E-state index is 12.1. The molecule has 0 atom stereocenters. The third-order valence-electron chi connectivity index (χ3n) is 2.67. The summed E-state index contributed by atoms with van der Waals surface area (Å²) in [5.41, 5.74) is 1.40. The van der Waals surface area contributed by atoms with Gasteiger partial charge >= 0.3 is 5.69 Å². The van der Waals surface area contributed by atoms with Gasteiger partial charge in [0.1, 0.15) is 0 Å². The number of hydrogen-bond acceptors (Lipinski definition) is 3. The summed E-state index contributed by atoms with van der Waals surface area (Å²) in [5.74, 6) is 0. The number of hydrogen-bond donors (Lipinski definition) is 0. The van der Waals surface area contributed by atoms with Crippen molar-refractivity contribution in [3.8, 4) is 0 Å². The smallest absolute Gasteiger partial charge is 0.259 e. The second kappa shape index (κ2) is 4.38. The lowest BCUT2D eigenvalue weighted by molar-refractivity contribution is 0.657. The molecule has 18 heavy (non-hydrogen) atoms. The molecule has 0 N–H and O–H groups in total. The van der Waals surface area contributed by atoms with Crippen molar-refractivity contribution < 1.29 is 0 Å². The van der Waals surface area contributed by atoms with Crippen molar-refractivity contribution in [2.24, 2.45) is 0 Å². The van der Waals surface area contributed by atoms with E-state index in [1.54, 1.807) is 18.6 Å². The molecule has 0 radical (unpaired) electrons. The summed E-state index contributed by atoms with van der Waals surface area (Å²) in [5, 5.41) is 4.23. The van der Waals surface area contributed by atoms with Crippen molar-refractivity contribution in [1.82, 2.24) is 19.2 Å². The molecule has 0 saturated heterocycles. The average molecular weight is 305 g/mol. The number of nitrogens with zero attached hydrogens (tertiary/aromatic N) is 4. The van der Waals surface area contributed by atoms with Crippen molar-refractivity contribution in [1.29, 1.82) is 0 Å². The average Bonchev–Trinajstić information content (AvgIpc) is 2.70. The maximum Gasteiger partial charge on any atom is 0.350 e. The van der Waals surface area contributed by atoms with E-state index in [1.807, 2.05) is 24.3 Å². The number of halogens is 1. The van der Waals surface area contributed by atoms with Gasteiger partial charge in [-0.25, -0.2) is 13.9 Å². The molecule has 0 aliphatic carbocycles. The highest BCUT2D eigenvalue weighted by atomic mass is 79.9. The summed E-state index contributed by atoms with van der Waals surface area (Å²) < 4.78 is 3.87. The normalized spacial score (nSPS) is 10.9. The van der Waals surface area contributed by atoms with E-state index in [0.717, 1.165) is 10.0 Å². The van der Waals surface area contributed by atoms with Gasteiger partial charge in [0.2, 0.25) is 0 Å². The maximum absolute atomic E-state index is 12.1. The molecule has 0 aliphatic heterocycles. The van der Waals surface area contributed by atoms with Crippen molar-refractivity contribution >= 4 is 21.6 Å². The molecule has 0 bridgehead atoms. The van der Waals surface area contributed by atoms with E-state index in [4.69, 9.17) is 0 Å². The molecule has 0 spiro atoms. The summed E-state index contributed by atoms with van der Waals surface area (Å²) in [6, 6.07) is 7.77. The van der Waals surface area contributed by atoms with Crippen LogP contribution in [-0.4, -0.2) is 19.2 Å². The Balaban J connectivity index is 2.09. The third kappa shape index (κ3) is 1.84. The predicted molar refractivity (Wildman–Crippen MR) is 70.5 cm³/mol. The van der Waals surface area contributed by atoms with Gasteiger partial charge in [0, 0.05) is 16.9 Å². The first-order valence-electron chi connectivity index (χ1n) is 5.38. The highest BCUT2D eigenvalue weighted by molar-refractivity contribution is 9.10. The molecular weight excluding hydrogens is 296 g/mol. The molecule has 2 aromatic heterocycles. The van der Waals surface area contributed by atoms with Crippen LogP contribution in [0.15, 0.2) is 52.1 Å². The van der Waals surface area contributed by atoms with E-state index in [2.05, 4.69) is 26.0 Å². The zero-order valence-corrected chi connectivity index (χ0v) is 10.9. The van der Waals surface area contributed by atoms with Crippen LogP contribution >= 0.6 is 15.9 Å². The second-order valence-electron chi connectivity index (χ2n) is 3.84. The Bertz CT molecular complexity index is 762. The quantitative estimate of drug-likeness (QED) is 0.724. The van der Waals surface area contributed by atoms with E-state index in [0.29, 0.717) is 12.2 Å². The van der Waals surface area contributed by atoms with Gasteiger partial charge in [-0.05, 0) is 11.6 Å². The summed E-state index contributed by atoms with van der Waals surface area (Å²) in [6.07, 6.45) is 4.75. The van der Waals surface area contributed by atoms with Crippen LogP contribution in [0.5, 0.6) is 0 Å². The molecule has 90 valence electrons. The van der Waals surface area contributed by atoms with Gasteiger partial charge in [-0.1, -0.05) is 34.1 Å². The van der Waals surface area contributed by atoms with Crippen LogP contribution in [0.1, 0.15) is 5.56 Å². The molecule has 6 heteroatoms. The van der Waals surface area contributed by atoms with Crippen LogP contribution in [0, 0.1) is 0 Å². The van der Waals surface area contributed by atoms with Crippen LogP contribution in [0.3, 0.4) is 0 Å². The molecule has 5 nitrogen and oxygen atoms in total. The first-order chi connectivity index (χ1) is 8.75. The summed E-state index contributed by atoms with van der Waals surface area (Å²) in [4.78, 5) is 16.0. The van der Waals surface area contributed by atoms with Crippen LogP contribution in [-0.2, 0) is 6.54 Å². The minimum atomic E-state index is -0.164. The minimum absolute atomic E-state index is 0.164. The van der Waals surface area contributed by atoms with Gasteiger partial charge in [-0.3, -0.25) is 4.98 Å². The molecule has 3 aromatic rings. The van der Waals surface area contributed by atoms with E-state index in [9.17, 15) is 4.79 Å².